The maximum atomic E-state index is 12.8. The molecule has 0 saturated heterocycles. The van der Waals surface area contributed by atoms with Gasteiger partial charge in [-0.2, -0.15) is 0 Å². The van der Waals surface area contributed by atoms with Crippen molar-refractivity contribution < 1.29 is 13.6 Å². The van der Waals surface area contributed by atoms with Crippen LogP contribution in [-0.2, 0) is 6.42 Å². The van der Waals surface area contributed by atoms with Gasteiger partial charge >= 0.3 is 0 Å². The molecule has 0 aliphatic carbocycles. The van der Waals surface area contributed by atoms with Crippen molar-refractivity contribution in [2.24, 2.45) is 0 Å². The Balaban J connectivity index is 1.83. The van der Waals surface area contributed by atoms with Gasteiger partial charge in [0.15, 0.2) is 5.78 Å². The fraction of sp³-hybridized carbons (Fsp3) is 0.235. The highest BCUT2D eigenvalue weighted by molar-refractivity contribution is 5.99. The molecule has 0 aliphatic heterocycles. The molecule has 1 atom stereocenters. The minimum Gasteiger partial charge on any atom is -0.307 e. The lowest BCUT2D eigenvalue weighted by Gasteiger charge is -2.13. The number of rotatable bonds is 6. The van der Waals surface area contributed by atoms with Crippen molar-refractivity contribution in [2.75, 3.05) is 6.54 Å². The lowest BCUT2D eigenvalue weighted by molar-refractivity contribution is 0.0951. The van der Waals surface area contributed by atoms with E-state index in [-0.39, 0.29) is 23.5 Å². The molecule has 0 radical (unpaired) electrons. The second kappa shape index (κ2) is 7.09. The monoisotopic (exact) mass is 289 g/mol. The van der Waals surface area contributed by atoms with Crippen molar-refractivity contribution in [3.8, 4) is 0 Å². The number of carbonyl (C=O) groups is 1. The molecule has 0 heterocycles. The lowest BCUT2D eigenvalue weighted by atomic mass is 10.1. The molecule has 0 spiro atoms. The van der Waals surface area contributed by atoms with Crippen LogP contribution in [0.3, 0.4) is 0 Å². The van der Waals surface area contributed by atoms with Crippen LogP contribution in [0.15, 0.2) is 48.5 Å². The number of nitrogens with one attached hydrogen (secondary N) is 1. The number of carbonyl (C=O) groups excluding carboxylic acids is 1. The van der Waals surface area contributed by atoms with Crippen LogP contribution in [0.25, 0.3) is 0 Å². The van der Waals surface area contributed by atoms with Crippen LogP contribution in [0.4, 0.5) is 8.78 Å². The molecular weight excluding hydrogens is 272 g/mol. The van der Waals surface area contributed by atoms with Crippen molar-refractivity contribution in [1.82, 2.24) is 5.32 Å². The summed E-state index contributed by atoms with van der Waals surface area (Å²) in [6.45, 7) is 2.39. The summed E-state index contributed by atoms with van der Waals surface area (Å²) < 4.78 is 25.6. The first-order chi connectivity index (χ1) is 10.1. The predicted octanol–water partition coefficient (Wildman–Crippen LogP) is 3.37. The first-order valence-electron chi connectivity index (χ1n) is 6.84. The van der Waals surface area contributed by atoms with Crippen molar-refractivity contribution >= 4 is 5.78 Å². The summed E-state index contributed by atoms with van der Waals surface area (Å²) in [7, 11) is 0. The Morgan fingerprint density at radius 2 is 1.52 bits per heavy atom. The second-order valence-electron chi connectivity index (χ2n) is 4.92. The highest BCUT2D eigenvalue weighted by atomic mass is 19.1. The molecule has 2 aromatic rings. The highest BCUT2D eigenvalue weighted by Gasteiger charge is 2.14. The van der Waals surface area contributed by atoms with Crippen LogP contribution >= 0.6 is 0 Å². The molecule has 0 aromatic heterocycles. The summed E-state index contributed by atoms with van der Waals surface area (Å²) >= 11 is 0. The van der Waals surface area contributed by atoms with E-state index in [0.717, 1.165) is 5.56 Å². The quantitative estimate of drug-likeness (QED) is 0.826. The molecule has 2 rings (SSSR count). The zero-order valence-corrected chi connectivity index (χ0v) is 11.8. The fourth-order valence-electron chi connectivity index (χ4n) is 2.04. The molecule has 0 fully saturated rings. The summed E-state index contributed by atoms with van der Waals surface area (Å²) in [5, 5.41) is 3.12. The van der Waals surface area contributed by atoms with E-state index < -0.39 is 0 Å². The van der Waals surface area contributed by atoms with Gasteiger partial charge in [-0.25, -0.2) is 8.78 Å². The normalized spacial score (nSPS) is 12.1. The molecule has 21 heavy (non-hydrogen) atoms. The number of hydrogen-bond donors (Lipinski definition) is 1. The maximum Gasteiger partial charge on any atom is 0.179 e. The van der Waals surface area contributed by atoms with Crippen LogP contribution < -0.4 is 5.32 Å². The van der Waals surface area contributed by atoms with Gasteiger partial charge in [-0.1, -0.05) is 12.1 Å². The largest absolute Gasteiger partial charge is 0.307 e. The Hall–Kier alpha value is -2.07. The molecule has 0 amide bonds. The van der Waals surface area contributed by atoms with E-state index in [1.807, 2.05) is 0 Å². The maximum absolute atomic E-state index is 12.8. The SMILES string of the molecule is CC(NCCc1ccc(F)cc1)C(=O)c1ccc(F)cc1. The number of hydrogen-bond acceptors (Lipinski definition) is 2. The minimum absolute atomic E-state index is 0.0749. The van der Waals surface area contributed by atoms with E-state index in [0.29, 0.717) is 18.5 Å². The molecule has 0 aliphatic rings. The molecule has 2 aromatic carbocycles. The van der Waals surface area contributed by atoms with E-state index in [4.69, 9.17) is 0 Å². The zero-order valence-electron chi connectivity index (χ0n) is 11.8. The Bertz CT molecular complexity index is 593. The molecular formula is C17H17F2NO. The molecule has 4 heteroatoms. The topological polar surface area (TPSA) is 29.1 Å². The Morgan fingerprint density at radius 3 is 2.10 bits per heavy atom. The van der Waals surface area contributed by atoms with Crippen molar-refractivity contribution in [3.05, 3.63) is 71.3 Å². The third-order valence-electron chi connectivity index (χ3n) is 3.30. The van der Waals surface area contributed by atoms with Gasteiger partial charge in [0, 0.05) is 5.56 Å². The molecule has 1 N–H and O–H groups in total. The van der Waals surface area contributed by atoms with Crippen molar-refractivity contribution in [2.45, 2.75) is 19.4 Å². The van der Waals surface area contributed by atoms with Gasteiger partial charge in [-0.05, 0) is 61.9 Å². The Labute approximate surface area is 122 Å². The summed E-state index contributed by atoms with van der Waals surface area (Å²) in [6.07, 6.45) is 0.710. The lowest BCUT2D eigenvalue weighted by Crippen LogP contribution is -2.35. The fourth-order valence-corrected chi connectivity index (χ4v) is 2.04. The van der Waals surface area contributed by atoms with E-state index >= 15 is 0 Å². The third-order valence-corrected chi connectivity index (χ3v) is 3.30. The number of halogens is 2. The molecule has 110 valence electrons. The zero-order chi connectivity index (χ0) is 15.2. The number of ketones is 1. The number of Topliss-reactive ketones (excluding diaryl/α,β-unsaturated/α-hetero) is 1. The molecule has 0 bridgehead atoms. The van der Waals surface area contributed by atoms with Gasteiger partial charge in [0.2, 0.25) is 0 Å². The van der Waals surface area contributed by atoms with Crippen molar-refractivity contribution in [3.63, 3.8) is 0 Å². The number of benzene rings is 2. The molecule has 2 nitrogen and oxygen atoms in total. The Morgan fingerprint density at radius 1 is 1.00 bits per heavy atom. The third kappa shape index (κ3) is 4.46. The first kappa shape index (κ1) is 15.3. The summed E-state index contributed by atoms with van der Waals surface area (Å²) in [4.78, 5) is 12.1. The summed E-state index contributed by atoms with van der Waals surface area (Å²) in [6, 6.07) is 11.5. The smallest absolute Gasteiger partial charge is 0.179 e. The van der Waals surface area contributed by atoms with E-state index in [1.165, 1.54) is 36.4 Å². The van der Waals surface area contributed by atoms with Crippen LogP contribution in [0, 0.1) is 11.6 Å². The average molecular weight is 289 g/mol. The van der Waals surface area contributed by atoms with Gasteiger partial charge in [-0.15, -0.1) is 0 Å². The van der Waals surface area contributed by atoms with Crippen LogP contribution in [-0.4, -0.2) is 18.4 Å². The standard InChI is InChI=1S/C17H17F2NO/c1-12(17(21)14-4-8-16(19)9-5-14)20-11-10-13-2-6-15(18)7-3-13/h2-9,12,20H,10-11H2,1H3. The van der Waals surface area contributed by atoms with Crippen LogP contribution in [0.2, 0.25) is 0 Å². The first-order valence-corrected chi connectivity index (χ1v) is 6.84. The van der Waals surface area contributed by atoms with Gasteiger partial charge in [-0.3, -0.25) is 4.79 Å². The van der Waals surface area contributed by atoms with Gasteiger partial charge in [0.1, 0.15) is 11.6 Å². The highest BCUT2D eigenvalue weighted by Crippen LogP contribution is 2.07. The van der Waals surface area contributed by atoms with E-state index in [9.17, 15) is 13.6 Å². The Kier molecular flexibility index (Phi) is 5.17. The molecule has 0 saturated carbocycles. The second-order valence-corrected chi connectivity index (χ2v) is 4.92. The minimum atomic E-state index is -0.358. The molecule has 1 unspecified atom stereocenters. The van der Waals surface area contributed by atoms with E-state index in [2.05, 4.69) is 5.32 Å². The van der Waals surface area contributed by atoms with Crippen LogP contribution in [0.1, 0.15) is 22.8 Å². The predicted molar refractivity (Wildman–Crippen MR) is 78.3 cm³/mol. The summed E-state index contributed by atoms with van der Waals surface area (Å²) in [5.41, 5.74) is 1.49. The van der Waals surface area contributed by atoms with Gasteiger partial charge in [0.25, 0.3) is 0 Å². The average Bonchev–Trinajstić information content (AvgIpc) is 2.49. The van der Waals surface area contributed by atoms with Gasteiger partial charge in [0.05, 0.1) is 6.04 Å². The van der Waals surface area contributed by atoms with Crippen LogP contribution in [0.5, 0.6) is 0 Å². The van der Waals surface area contributed by atoms with Gasteiger partial charge < -0.3 is 5.32 Å². The summed E-state index contributed by atoms with van der Waals surface area (Å²) in [5.74, 6) is -0.691. The van der Waals surface area contributed by atoms with E-state index in [1.54, 1.807) is 19.1 Å². The van der Waals surface area contributed by atoms with Crippen molar-refractivity contribution in [1.29, 1.82) is 0 Å².